The van der Waals surface area contributed by atoms with Crippen LogP contribution in [0.25, 0.3) is 11.3 Å². The number of benzene rings is 2. The van der Waals surface area contributed by atoms with E-state index in [9.17, 15) is 18.3 Å². The minimum absolute atomic E-state index is 0.0731. The minimum atomic E-state index is -3.54. The van der Waals surface area contributed by atoms with Crippen molar-refractivity contribution in [1.82, 2.24) is 10.3 Å². The van der Waals surface area contributed by atoms with Crippen LogP contribution >= 0.6 is 23.8 Å². The summed E-state index contributed by atoms with van der Waals surface area (Å²) in [7, 11) is -2.10. The Hall–Kier alpha value is -4.13. The molecule has 1 aliphatic rings. The van der Waals surface area contributed by atoms with Gasteiger partial charge < -0.3 is 24.5 Å². The van der Waals surface area contributed by atoms with E-state index in [1.165, 1.54) is 25.3 Å². The van der Waals surface area contributed by atoms with Gasteiger partial charge in [0.1, 0.15) is 23.3 Å². The molecule has 5 rings (SSSR count). The lowest BCUT2D eigenvalue weighted by molar-refractivity contribution is 0.0697. The Morgan fingerprint density at radius 1 is 1.18 bits per heavy atom. The van der Waals surface area contributed by atoms with Crippen molar-refractivity contribution in [1.29, 1.82) is 0 Å². The SMILES string of the molecule is COc1cc(N2C(=S)N[C@@H](c3ccccn3)[C@H]2c2ccc(-c3cc(C(=O)O)ccc3Cl)o2)ccc1NS(C)(=O)=O. The first kappa shape index (κ1) is 27.4. The summed E-state index contributed by atoms with van der Waals surface area (Å²) in [6, 6.07) is 17.5. The van der Waals surface area contributed by atoms with Crippen molar-refractivity contribution >= 4 is 56.3 Å². The van der Waals surface area contributed by atoms with Crippen molar-refractivity contribution < 1.29 is 27.5 Å². The lowest BCUT2D eigenvalue weighted by Gasteiger charge is -2.27. The van der Waals surface area contributed by atoms with Gasteiger partial charge in [0.15, 0.2) is 5.11 Å². The smallest absolute Gasteiger partial charge is 0.335 e. The largest absolute Gasteiger partial charge is 0.494 e. The van der Waals surface area contributed by atoms with Crippen LogP contribution in [0.4, 0.5) is 11.4 Å². The number of carboxylic acids is 1. The summed E-state index contributed by atoms with van der Waals surface area (Å²) in [5.74, 6) is 0.0976. The topological polar surface area (TPSA) is 134 Å². The van der Waals surface area contributed by atoms with Crippen LogP contribution in [0.1, 0.15) is 33.9 Å². The van der Waals surface area contributed by atoms with Gasteiger partial charge >= 0.3 is 5.97 Å². The fraction of sp³-hybridized carbons (Fsp3) is 0.148. The fourth-order valence-corrected chi connectivity index (χ4v) is 5.66. The zero-order valence-corrected chi connectivity index (χ0v) is 23.5. The van der Waals surface area contributed by atoms with Crippen LogP contribution in [0.2, 0.25) is 5.02 Å². The monoisotopic (exact) mass is 598 g/mol. The quantitative estimate of drug-likeness (QED) is 0.231. The summed E-state index contributed by atoms with van der Waals surface area (Å²) in [6.45, 7) is 0. The Labute approximate surface area is 240 Å². The molecule has 1 saturated heterocycles. The summed E-state index contributed by atoms with van der Waals surface area (Å²) in [5, 5.41) is 13.5. The highest BCUT2D eigenvalue weighted by molar-refractivity contribution is 7.92. The minimum Gasteiger partial charge on any atom is -0.494 e. The number of pyridine rings is 1. The number of aromatic carboxylic acids is 1. The highest BCUT2D eigenvalue weighted by Gasteiger charge is 2.43. The molecule has 0 aliphatic carbocycles. The molecule has 40 heavy (non-hydrogen) atoms. The van der Waals surface area contributed by atoms with Gasteiger partial charge in [0, 0.05) is 23.5 Å². The molecule has 1 fully saturated rings. The van der Waals surface area contributed by atoms with Crippen molar-refractivity contribution in [2.24, 2.45) is 0 Å². The second-order valence-electron chi connectivity index (χ2n) is 8.96. The first-order valence-corrected chi connectivity index (χ1v) is 14.5. The summed E-state index contributed by atoms with van der Waals surface area (Å²) in [6.07, 6.45) is 2.74. The van der Waals surface area contributed by atoms with Crippen molar-refractivity contribution in [3.8, 4) is 17.1 Å². The number of anilines is 2. The third-order valence-electron chi connectivity index (χ3n) is 6.25. The molecule has 2 aromatic carbocycles. The van der Waals surface area contributed by atoms with Crippen LogP contribution in [-0.4, -0.2) is 43.0 Å². The molecule has 1 aliphatic heterocycles. The van der Waals surface area contributed by atoms with E-state index in [0.717, 1.165) is 6.26 Å². The molecule has 2 atom stereocenters. The average molecular weight is 599 g/mol. The number of hydrogen-bond donors (Lipinski definition) is 3. The molecular formula is C27H23ClN4O6S2. The number of methoxy groups -OCH3 is 1. The molecule has 0 saturated carbocycles. The Bertz CT molecular complexity index is 1710. The van der Waals surface area contributed by atoms with Gasteiger partial charge in [-0.05, 0) is 66.8 Å². The number of thiocarbonyl (C=S) groups is 1. The number of aromatic nitrogens is 1. The molecule has 0 bridgehead atoms. The highest BCUT2D eigenvalue weighted by atomic mass is 35.5. The fourth-order valence-electron chi connectivity index (χ4n) is 4.54. The zero-order valence-electron chi connectivity index (χ0n) is 21.2. The van der Waals surface area contributed by atoms with Gasteiger partial charge in [0.25, 0.3) is 0 Å². The molecule has 0 unspecified atom stereocenters. The molecule has 0 spiro atoms. The maximum Gasteiger partial charge on any atom is 0.335 e. The van der Waals surface area contributed by atoms with E-state index in [-0.39, 0.29) is 11.3 Å². The average Bonchev–Trinajstić information content (AvgIpc) is 3.53. The molecule has 3 N–H and O–H groups in total. The summed E-state index contributed by atoms with van der Waals surface area (Å²) in [5.41, 5.74) is 2.10. The van der Waals surface area contributed by atoms with Gasteiger partial charge in [-0.25, -0.2) is 13.2 Å². The van der Waals surface area contributed by atoms with E-state index in [0.29, 0.717) is 44.3 Å². The number of rotatable bonds is 8. The van der Waals surface area contributed by atoms with E-state index in [2.05, 4.69) is 15.0 Å². The maximum atomic E-state index is 11.8. The molecule has 2 aromatic heterocycles. The number of ether oxygens (including phenoxy) is 1. The lowest BCUT2D eigenvalue weighted by atomic mass is 10.0. The molecule has 206 valence electrons. The number of sulfonamides is 1. The standard InChI is InChI=1S/C27H23ClN4O6S2/c1-37-23-14-16(7-9-19(23)31-40(2,35)36)32-25(24(30-27(32)39)20-5-3-4-12-29-20)22-11-10-21(38-22)17-13-15(26(33)34)6-8-18(17)28/h3-14,24-25,31H,1-2H3,(H,30,39)(H,33,34)/t24-,25+/m0/s1. The Kier molecular flexibility index (Phi) is 7.41. The van der Waals surface area contributed by atoms with Crippen molar-refractivity contribution in [3.63, 3.8) is 0 Å². The number of furan rings is 1. The number of carboxylic acid groups (broad SMARTS) is 1. The van der Waals surface area contributed by atoms with Gasteiger partial charge in [0.2, 0.25) is 10.0 Å². The molecule has 3 heterocycles. The number of nitrogens with one attached hydrogen (secondary N) is 2. The maximum absolute atomic E-state index is 11.8. The second-order valence-corrected chi connectivity index (χ2v) is 11.5. The summed E-state index contributed by atoms with van der Waals surface area (Å²) < 4.78 is 37.9. The van der Waals surface area contributed by atoms with Gasteiger partial charge in [-0.3, -0.25) is 9.71 Å². The van der Waals surface area contributed by atoms with Crippen molar-refractivity contribution in [3.05, 3.63) is 95.0 Å². The van der Waals surface area contributed by atoms with Crippen LogP contribution in [0.5, 0.6) is 5.75 Å². The van der Waals surface area contributed by atoms with E-state index in [4.69, 9.17) is 33.0 Å². The van der Waals surface area contributed by atoms with Crippen LogP contribution in [-0.2, 0) is 10.0 Å². The highest BCUT2D eigenvalue weighted by Crippen LogP contribution is 2.45. The molecule has 10 nitrogen and oxygen atoms in total. The molecule has 4 aromatic rings. The summed E-state index contributed by atoms with van der Waals surface area (Å²) in [4.78, 5) is 17.9. The molecule has 13 heteroatoms. The second kappa shape index (κ2) is 10.8. The van der Waals surface area contributed by atoms with E-state index < -0.39 is 28.1 Å². The number of carbonyl (C=O) groups is 1. The van der Waals surface area contributed by atoms with Gasteiger partial charge in [-0.1, -0.05) is 17.7 Å². The predicted octanol–water partition coefficient (Wildman–Crippen LogP) is 5.25. The predicted molar refractivity (Wildman–Crippen MR) is 156 cm³/mol. The van der Waals surface area contributed by atoms with Crippen LogP contribution in [0.15, 0.2) is 77.3 Å². The van der Waals surface area contributed by atoms with E-state index >= 15 is 0 Å². The van der Waals surface area contributed by atoms with Gasteiger partial charge in [-0.15, -0.1) is 0 Å². The zero-order chi connectivity index (χ0) is 28.6. The Morgan fingerprint density at radius 3 is 2.65 bits per heavy atom. The van der Waals surface area contributed by atoms with Crippen LogP contribution in [0, 0.1) is 0 Å². The number of halogens is 1. The Morgan fingerprint density at radius 2 is 1.98 bits per heavy atom. The van der Waals surface area contributed by atoms with E-state index in [1.807, 2.05) is 23.1 Å². The third kappa shape index (κ3) is 5.46. The first-order chi connectivity index (χ1) is 19.1. The number of hydrogen-bond acceptors (Lipinski definition) is 7. The molecule has 0 radical (unpaired) electrons. The third-order valence-corrected chi connectivity index (χ3v) is 7.49. The van der Waals surface area contributed by atoms with Crippen LogP contribution in [0.3, 0.4) is 0 Å². The Balaban J connectivity index is 1.61. The molecule has 0 amide bonds. The van der Waals surface area contributed by atoms with Gasteiger partial charge in [-0.2, -0.15) is 0 Å². The summed E-state index contributed by atoms with van der Waals surface area (Å²) >= 11 is 12.2. The van der Waals surface area contributed by atoms with E-state index in [1.54, 1.807) is 36.5 Å². The normalized spacial score (nSPS) is 17.0. The van der Waals surface area contributed by atoms with Crippen LogP contribution < -0.4 is 19.7 Å². The van der Waals surface area contributed by atoms with Crippen molar-refractivity contribution in [2.75, 3.05) is 23.0 Å². The lowest BCUT2D eigenvalue weighted by Crippen LogP contribution is -2.29. The number of nitrogens with zero attached hydrogens (tertiary/aromatic N) is 2. The first-order valence-electron chi connectivity index (χ1n) is 11.8. The van der Waals surface area contributed by atoms with Gasteiger partial charge in [0.05, 0.1) is 41.4 Å². The van der Waals surface area contributed by atoms with Crippen molar-refractivity contribution in [2.45, 2.75) is 12.1 Å². The molecular weight excluding hydrogens is 576 g/mol.